The number of nitrogen functional groups attached to an aromatic ring is 1. The van der Waals surface area contributed by atoms with Gasteiger partial charge in [-0.25, -0.2) is 8.42 Å². The normalized spacial score (nSPS) is 20.8. The first-order valence-electron chi connectivity index (χ1n) is 5.09. The Morgan fingerprint density at radius 3 is 2.67 bits per heavy atom. The summed E-state index contributed by atoms with van der Waals surface area (Å²) in [7, 11) is -3.14. The van der Waals surface area contributed by atoms with Gasteiger partial charge in [0.15, 0.2) is 9.84 Å². The predicted molar refractivity (Wildman–Crippen MR) is 67.8 cm³/mol. The number of non-ortho nitro benzene ring substituents is 1. The maximum Gasteiger partial charge on any atom is 0.271 e. The second-order valence-electron chi connectivity index (χ2n) is 3.94. The maximum absolute atomic E-state index is 11.2. The first-order valence-corrected chi connectivity index (χ1v) is 6.80. The van der Waals surface area contributed by atoms with Gasteiger partial charge in [-0.05, 0) is 6.07 Å². The topological polar surface area (TPSA) is 115 Å². The van der Waals surface area contributed by atoms with Crippen molar-refractivity contribution in [2.75, 3.05) is 16.8 Å². The Kier molecular flexibility index (Phi) is 2.95. The van der Waals surface area contributed by atoms with E-state index in [1.807, 2.05) is 0 Å². The fourth-order valence-corrected chi connectivity index (χ4v) is 2.90. The van der Waals surface area contributed by atoms with E-state index < -0.39 is 14.8 Å². The molecule has 0 amide bonds. The van der Waals surface area contributed by atoms with Crippen molar-refractivity contribution in [3.05, 3.63) is 39.8 Å². The van der Waals surface area contributed by atoms with Crippen molar-refractivity contribution in [2.24, 2.45) is 0 Å². The highest BCUT2D eigenvalue weighted by Crippen LogP contribution is 2.25. The molecule has 1 atom stereocenters. The van der Waals surface area contributed by atoms with Crippen LogP contribution in [0.5, 0.6) is 0 Å². The molecule has 1 aromatic carbocycles. The monoisotopic (exact) mass is 269 g/mol. The van der Waals surface area contributed by atoms with Gasteiger partial charge in [-0.3, -0.25) is 10.1 Å². The maximum atomic E-state index is 11.2. The zero-order valence-corrected chi connectivity index (χ0v) is 10.1. The molecule has 0 radical (unpaired) electrons. The van der Waals surface area contributed by atoms with Gasteiger partial charge in [0.25, 0.3) is 5.69 Å². The molecule has 96 valence electrons. The lowest BCUT2D eigenvalue weighted by Gasteiger charge is -2.13. The van der Waals surface area contributed by atoms with E-state index in [2.05, 4.69) is 5.32 Å². The van der Waals surface area contributed by atoms with Crippen molar-refractivity contribution < 1.29 is 13.3 Å². The van der Waals surface area contributed by atoms with E-state index in [1.54, 1.807) is 0 Å². The van der Waals surface area contributed by atoms with Crippen LogP contribution in [0.4, 0.5) is 17.1 Å². The van der Waals surface area contributed by atoms with Crippen molar-refractivity contribution in [2.45, 2.75) is 6.04 Å². The molecule has 0 spiro atoms. The molecule has 0 aromatic heterocycles. The number of hydrogen-bond acceptors (Lipinski definition) is 6. The van der Waals surface area contributed by atoms with E-state index in [4.69, 9.17) is 5.73 Å². The van der Waals surface area contributed by atoms with Crippen molar-refractivity contribution in [1.29, 1.82) is 0 Å². The largest absolute Gasteiger partial charge is 0.397 e. The van der Waals surface area contributed by atoms with Gasteiger partial charge in [0, 0.05) is 17.5 Å². The molecule has 3 N–H and O–H groups in total. The van der Waals surface area contributed by atoms with Gasteiger partial charge < -0.3 is 11.1 Å². The molecule has 0 saturated carbocycles. The minimum absolute atomic E-state index is 0.0383. The standard InChI is InChI=1S/C10H11N3O4S/c11-9-5-8(13(14)15)1-2-10(9)12-7-3-4-18(16,17)6-7/h1-5,7,12H,6,11H2. The van der Waals surface area contributed by atoms with E-state index in [0.29, 0.717) is 5.69 Å². The van der Waals surface area contributed by atoms with Crippen LogP contribution in [-0.2, 0) is 9.84 Å². The lowest BCUT2D eigenvalue weighted by molar-refractivity contribution is -0.384. The Bertz CT molecular complexity index is 624. The second-order valence-corrected chi connectivity index (χ2v) is 5.87. The summed E-state index contributed by atoms with van der Waals surface area (Å²) in [5, 5.41) is 14.6. The van der Waals surface area contributed by atoms with Crippen molar-refractivity contribution in [1.82, 2.24) is 0 Å². The van der Waals surface area contributed by atoms with Crippen molar-refractivity contribution in [3.8, 4) is 0 Å². The summed E-state index contributed by atoms with van der Waals surface area (Å²) < 4.78 is 22.4. The van der Waals surface area contributed by atoms with Crippen LogP contribution in [0.2, 0.25) is 0 Å². The van der Waals surface area contributed by atoms with Crippen LogP contribution in [0, 0.1) is 10.1 Å². The number of nitrogens with zero attached hydrogens (tertiary/aromatic N) is 1. The summed E-state index contributed by atoms with van der Waals surface area (Å²) in [5.41, 5.74) is 6.25. The molecule has 1 aromatic rings. The molecule has 2 rings (SSSR count). The Balaban J connectivity index is 2.16. The van der Waals surface area contributed by atoms with Gasteiger partial charge in [-0.1, -0.05) is 6.08 Å². The van der Waals surface area contributed by atoms with E-state index in [0.717, 1.165) is 5.41 Å². The van der Waals surface area contributed by atoms with E-state index in [-0.39, 0.29) is 23.2 Å². The molecule has 1 unspecified atom stereocenters. The first kappa shape index (κ1) is 12.4. The van der Waals surface area contributed by atoms with Gasteiger partial charge in [-0.15, -0.1) is 0 Å². The summed E-state index contributed by atoms with van der Waals surface area (Å²) in [6.07, 6.45) is 1.52. The molecule has 18 heavy (non-hydrogen) atoms. The minimum Gasteiger partial charge on any atom is -0.397 e. The van der Waals surface area contributed by atoms with Gasteiger partial charge >= 0.3 is 0 Å². The average molecular weight is 269 g/mol. The van der Waals surface area contributed by atoms with E-state index in [9.17, 15) is 18.5 Å². The lowest BCUT2D eigenvalue weighted by Crippen LogP contribution is -2.21. The SMILES string of the molecule is Nc1cc([N+](=O)[O-])ccc1NC1C=CS(=O)(=O)C1. The number of anilines is 2. The summed E-state index contributed by atoms with van der Waals surface area (Å²) in [4.78, 5) is 9.99. The molecule has 0 saturated heterocycles. The first-order chi connectivity index (χ1) is 8.37. The van der Waals surface area contributed by atoms with Crippen LogP contribution in [0.3, 0.4) is 0 Å². The number of benzene rings is 1. The molecule has 7 nitrogen and oxygen atoms in total. The molecule has 1 aliphatic heterocycles. The number of nitrogens with two attached hydrogens (primary N) is 1. The van der Waals surface area contributed by atoms with Gasteiger partial charge in [0.05, 0.1) is 28.1 Å². The van der Waals surface area contributed by atoms with Gasteiger partial charge in [0.1, 0.15) is 0 Å². The smallest absolute Gasteiger partial charge is 0.271 e. The molecule has 8 heteroatoms. The number of sulfone groups is 1. The number of hydrogen-bond donors (Lipinski definition) is 2. The Labute approximate surface area is 103 Å². The molecular weight excluding hydrogens is 258 g/mol. The Morgan fingerprint density at radius 2 is 2.17 bits per heavy atom. The second kappa shape index (κ2) is 4.30. The highest BCUT2D eigenvalue weighted by molar-refractivity contribution is 7.94. The Hall–Kier alpha value is -2.09. The fraction of sp³-hybridized carbons (Fsp3) is 0.200. The summed E-state index contributed by atoms with van der Waals surface area (Å²) in [5.74, 6) is -0.0383. The van der Waals surface area contributed by atoms with Crippen LogP contribution in [0.25, 0.3) is 0 Å². The van der Waals surface area contributed by atoms with E-state index in [1.165, 1.54) is 24.3 Å². The summed E-state index contributed by atoms with van der Waals surface area (Å²) in [6, 6.07) is 3.65. The van der Waals surface area contributed by atoms with Crippen LogP contribution in [-0.4, -0.2) is 25.1 Å². The van der Waals surface area contributed by atoms with Crippen LogP contribution in [0.1, 0.15) is 0 Å². The van der Waals surface area contributed by atoms with Crippen LogP contribution < -0.4 is 11.1 Å². The van der Waals surface area contributed by atoms with Crippen molar-refractivity contribution in [3.63, 3.8) is 0 Å². The lowest BCUT2D eigenvalue weighted by atomic mass is 10.2. The van der Waals surface area contributed by atoms with Crippen molar-refractivity contribution >= 4 is 26.9 Å². The molecule has 0 bridgehead atoms. The zero-order valence-electron chi connectivity index (χ0n) is 9.24. The molecule has 0 aliphatic carbocycles. The van der Waals surface area contributed by atoms with Crippen LogP contribution >= 0.6 is 0 Å². The zero-order chi connectivity index (χ0) is 13.3. The van der Waals surface area contributed by atoms with Gasteiger partial charge in [0.2, 0.25) is 0 Å². The quantitative estimate of drug-likeness (QED) is 0.478. The third-order valence-electron chi connectivity index (χ3n) is 2.52. The number of rotatable bonds is 3. The fourth-order valence-electron chi connectivity index (χ4n) is 1.66. The molecule has 0 fully saturated rings. The average Bonchev–Trinajstić information content (AvgIpc) is 2.61. The molecular formula is C10H11N3O4S. The predicted octanol–water partition coefficient (Wildman–Crippen LogP) is 0.900. The minimum atomic E-state index is -3.14. The summed E-state index contributed by atoms with van der Waals surface area (Å²) >= 11 is 0. The van der Waals surface area contributed by atoms with Crippen LogP contribution in [0.15, 0.2) is 29.7 Å². The van der Waals surface area contributed by atoms with Gasteiger partial charge in [-0.2, -0.15) is 0 Å². The molecule has 1 heterocycles. The number of nitrogens with one attached hydrogen (secondary N) is 1. The Morgan fingerprint density at radius 1 is 1.44 bits per heavy atom. The highest BCUT2D eigenvalue weighted by Gasteiger charge is 2.22. The third-order valence-corrected chi connectivity index (χ3v) is 3.91. The number of nitro benzene ring substituents is 1. The third kappa shape index (κ3) is 2.59. The summed E-state index contributed by atoms with van der Waals surface area (Å²) in [6.45, 7) is 0. The highest BCUT2D eigenvalue weighted by atomic mass is 32.2. The molecule has 1 aliphatic rings. The van der Waals surface area contributed by atoms with E-state index >= 15 is 0 Å². The number of nitro groups is 1.